The fraction of sp³-hybridized carbons (Fsp3) is 0.429. The minimum atomic E-state index is -1.04. The Morgan fingerprint density at radius 3 is 2.91 bits per heavy atom. The van der Waals surface area contributed by atoms with Crippen LogP contribution in [0, 0.1) is 5.92 Å². The summed E-state index contributed by atoms with van der Waals surface area (Å²) in [4.78, 5) is 23.8. The van der Waals surface area contributed by atoms with E-state index in [-0.39, 0.29) is 5.92 Å². The monoisotopic (exact) mass is 321 g/mol. The van der Waals surface area contributed by atoms with Gasteiger partial charge in [-0.05, 0) is 31.0 Å². The molecule has 1 fully saturated rings. The summed E-state index contributed by atoms with van der Waals surface area (Å²) in [5, 5.41) is 12.0. The van der Waals surface area contributed by atoms with Crippen molar-refractivity contribution >= 4 is 34.6 Å². The highest BCUT2D eigenvalue weighted by atomic mass is 32.1. The van der Waals surface area contributed by atoms with Crippen molar-refractivity contribution in [1.82, 2.24) is 5.32 Å². The molecule has 0 radical (unpaired) electrons. The third-order valence-corrected chi connectivity index (χ3v) is 4.29. The van der Waals surface area contributed by atoms with Gasteiger partial charge < -0.3 is 15.2 Å². The van der Waals surface area contributed by atoms with Crippen molar-refractivity contribution in [1.29, 1.82) is 0 Å². The van der Waals surface area contributed by atoms with Crippen molar-refractivity contribution in [2.45, 2.75) is 18.9 Å². The van der Waals surface area contributed by atoms with Gasteiger partial charge in [0.2, 0.25) is 0 Å². The number of hydrogen-bond acceptors (Lipinski definition) is 5. The van der Waals surface area contributed by atoms with Crippen LogP contribution in [0.4, 0.5) is 11.4 Å². The molecule has 2 N–H and O–H groups in total. The van der Waals surface area contributed by atoms with Gasteiger partial charge in [-0.25, -0.2) is 4.79 Å². The van der Waals surface area contributed by atoms with E-state index in [4.69, 9.17) is 4.74 Å². The first kappa shape index (κ1) is 14.9. The van der Waals surface area contributed by atoms with E-state index in [0.29, 0.717) is 24.5 Å². The zero-order valence-corrected chi connectivity index (χ0v) is 12.5. The van der Waals surface area contributed by atoms with E-state index < -0.39 is 17.9 Å². The maximum atomic E-state index is 12.3. The summed E-state index contributed by atoms with van der Waals surface area (Å²) in [5.41, 5.74) is 1.73. The molecule has 8 heteroatoms. The average molecular weight is 321 g/mol. The van der Waals surface area contributed by atoms with Crippen LogP contribution in [-0.4, -0.2) is 36.2 Å². The van der Waals surface area contributed by atoms with Gasteiger partial charge in [0.1, 0.15) is 17.4 Å². The molecule has 0 unspecified atom stereocenters. The van der Waals surface area contributed by atoms with Gasteiger partial charge in [0, 0.05) is 18.1 Å². The largest absolute Gasteiger partial charge is 0.480 e. The molecule has 1 aromatic carbocycles. The van der Waals surface area contributed by atoms with Crippen LogP contribution in [0.5, 0.6) is 0 Å². The first-order valence-corrected chi connectivity index (χ1v) is 7.72. The van der Waals surface area contributed by atoms with E-state index in [1.54, 1.807) is 18.2 Å². The first-order chi connectivity index (χ1) is 10.6. The number of fused-ring (bicyclic) bond motifs is 1. The molecule has 0 bridgehead atoms. The summed E-state index contributed by atoms with van der Waals surface area (Å²) in [5.74, 6) is -1.67. The Balaban J connectivity index is 1.73. The summed E-state index contributed by atoms with van der Waals surface area (Å²) in [7, 11) is 0. The van der Waals surface area contributed by atoms with Crippen molar-refractivity contribution in [2.24, 2.45) is 14.6 Å². The molecule has 1 amide bonds. The van der Waals surface area contributed by atoms with Crippen LogP contribution >= 0.6 is 0 Å². The number of rotatable bonds is 4. The highest BCUT2D eigenvalue weighted by Crippen LogP contribution is 2.32. The molecule has 0 aliphatic carbocycles. The summed E-state index contributed by atoms with van der Waals surface area (Å²) in [6.45, 7) is 0.997. The number of carboxylic acid groups (broad SMARTS) is 1. The van der Waals surface area contributed by atoms with Crippen molar-refractivity contribution in [3.63, 3.8) is 0 Å². The molecular weight excluding hydrogens is 306 g/mol. The fourth-order valence-corrected chi connectivity index (χ4v) is 3.08. The molecule has 1 aromatic rings. The lowest BCUT2D eigenvalue weighted by Crippen LogP contribution is -2.48. The van der Waals surface area contributed by atoms with Crippen LogP contribution in [-0.2, 0) is 20.9 Å². The van der Waals surface area contributed by atoms with Crippen LogP contribution in [0.2, 0.25) is 0 Å². The van der Waals surface area contributed by atoms with E-state index in [0.717, 1.165) is 29.9 Å². The Morgan fingerprint density at radius 1 is 1.36 bits per heavy atom. The third kappa shape index (κ3) is 3.07. The number of benzene rings is 1. The Kier molecular flexibility index (Phi) is 4.30. The van der Waals surface area contributed by atoms with Gasteiger partial charge in [0.05, 0.1) is 18.0 Å². The summed E-state index contributed by atoms with van der Waals surface area (Å²) >= 11 is 1.07. The van der Waals surface area contributed by atoms with Crippen molar-refractivity contribution in [2.75, 3.05) is 13.2 Å². The van der Waals surface area contributed by atoms with E-state index in [9.17, 15) is 14.7 Å². The quantitative estimate of drug-likeness (QED) is 0.899. The molecule has 2 aliphatic rings. The lowest BCUT2D eigenvalue weighted by atomic mass is 9.93. The Labute approximate surface area is 130 Å². The van der Waals surface area contributed by atoms with E-state index in [1.807, 2.05) is 0 Å². The van der Waals surface area contributed by atoms with E-state index >= 15 is 0 Å². The SMILES string of the molecule is O=C(N[C@H](C(=O)O)[C@@H]1CCCOC1)c1ccc2c(c1)N=S=N2. The minimum Gasteiger partial charge on any atom is -0.480 e. The summed E-state index contributed by atoms with van der Waals surface area (Å²) < 4.78 is 13.5. The van der Waals surface area contributed by atoms with Crippen molar-refractivity contribution in [3.8, 4) is 0 Å². The van der Waals surface area contributed by atoms with Crippen LogP contribution in [0.25, 0.3) is 0 Å². The molecule has 3 rings (SSSR count). The molecule has 2 aliphatic heterocycles. The van der Waals surface area contributed by atoms with E-state index in [2.05, 4.69) is 14.0 Å². The van der Waals surface area contributed by atoms with Crippen LogP contribution in [0.1, 0.15) is 23.2 Å². The predicted molar refractivity (Wildman–Crippen MR) is 80.4 cm³/mol. The van der Waals surface area contributed by atoms with Gasteiger partial charge in [0.15, 0.2) is 0 Å². The lowest BCUT2D eigenvalue weighted by molar-refractivity contribution is -0.142. The van der Waals surface area contributed by atoms with E-state index in [1.165, 1.54) is 0 Å². The van der Waals surface area contributed by atoms with Gasteiger partial charge >= 0.3 is 5.97 Å². The number of aliphatic carboxylic acids is 1. The molecule has 2 atom stereocenters. The molecule has 0 saturated carbocycles. The first-order valence-electron chi connectivity index (χ1n) is 6.99. The van der Waals surface area contributed by atoms with Gasteiger partial charge in [-0.3, -0.25) is 4.79 Å². The molecule has 22 heavy (non-hydrogen) atoms. The molecule has 1 saturated heterocycles. The van der Waals surface area contributed by atoms with Crippen LogP contribution in [0.3, 0.4) is 0 Å². The molecule has 2 heterocycles. The molecule has 0 spiro atoms. The zero-order valence-electron chi connectivity index (χ0n) is 11.7. The maximum absolute atomic E-state index is 12.3. The summed E-state index contributed by atoms with van der Waals surface area (Å²) in [6, 6.07) is 3.99. The molecular formula is C14H15N3O4S. The lowest BCUT2D eigenvalue weighted by Gasteiger charge is -2.28. The number of amides is 1. The smallest absolute Gasteiger partial charge is 0.326 e. The fourth-order valence-electron chi connectivity index (χ4n) is 2.56. The Bertz CT molecular complexity index is 679. The average Bonchev–Trinajstić information content (AvgIpc) is 3.00. The predicted octanol–water partition coefficient (Wildman–Crippen LogP) is 2.02. The Hall–Kier alpha value is -2.06. The zero-order chi connectivity index (χ0) is 15.5. The topological polar surface area (TPSA) is 100 Å². The number of nitrogens with one attached hydrogen (secondary N) is 1. The second-order valence-electron chi connectivity index (χ2n) is 5.23. The number of nitrogens with zero attached hydrogens (tertiary/aromatic N) is 2. The number of hydrogen-bond donors (Lipinski definition) is 2. The van der Waals surface area contributed by atoms with Crippen LogP contribution in [0.15, 0.2) is 26.9 Å². The normalized spacial score (nSPS) is 20.8. The molecule has 116 valence electrons. The molecule has 7 nitrogen and oxygen atoms in total. The minimum absolute atomic E-state index is 0.208. The third-order valence-electron chi connectivity index (χ3n) is 3.74. The Morgan fingerprint density at radius 2 is 2.18 bits per heavy atom. The standard InChI is InChI=1S/C14H15N3O4S/c18-13(8-3-4-10-11(6-8)17-22-16-10)15-12(14(19)20)9-2-1-5-21-7-9/h3-4,6,9,12H,1-2,5,7H2,(H,15,18)(H,19,20)/t9-,12+/m1/s1. The van der Waals surface area contributed by atoms with Crippen molar-refractivity contribution in [3.05, 3.63) is 23.8 Å². The van der Waals surface area contributed by atoms with Gasteiger partial charge in [-0.2, -0.15) is 8.73 Å². The van der Waals surface area contributed by atoms with Crippen LogP contribution < -0.4 is 5.32 Å². The maximum Gasteiger partial charge on any atom is 0.326 e. The highest BCUT2D eigenvalue weighted by molar-refractivity contribution is 7.58. The number of carbonyl (C=O) groups is 2. The van der Waals surface area contributed by atoms with Crippen molar-refractivity contribution < 1.29 is 19.4 Å². The van der Waals surface area contributed by atoms with Gasteiger partial charge in [0.25, 0.3) is 5.91 Å². The highest BCUT2D eigenvalue weighted by Gasteiger charge is 2.31. The van der Waals surface area contributed by atoms with Gasteiger partial charge in [-0.1, -0.05) is 0 Å². The number of ether oxygens (including phenoxy) is 1. The second-order valence-corrected chi connectivity index (χ2v) is 5.76. The number of carbonyl (C=O) groups excluding carboxylic acids is 1. The molecule has 0 aromatic heterocycles. The number of carboxylic acids is 1. The second kappa shape index (κ2) is 6.37. The van der Waals surface area contributed by atoms with Gasteiger partial charge in [-0.15, -0.1) is 0 Å². The summed E-state index contributed by atoms with van der Waals surface area (Å²) in [6.07, 6.45) is 1.53.